The van der Waals surface area contributed by atoms with Crippen molar-refractivity contribution >= 4 is 23.9 Å². The Labute approximate surface area is 263 Å². The topological polar surface area (TPSA) is 114 Å². The van der Waals surface area contributed by atoms with Gasteiger partial charge in [0.1, 0.15) is 11.5 Å². The first-order valence-electron chi connectivity index (χ1n) is 15.7. The van der Waals surface area contributed by atoms with Crippen LogP contribution < -0.4 is 9.47 Å². The van der Waals surface area contributed by atoms with Gasteiger partial charge in [-0.3, -0.25) is 9.59 Å². The first kappa shape index (κ1) is 32.2. The van der Waals surface area contributed by atoms with E-state index < -0.39 is 11.9 Å². The summed E-state index contributed by atoms with van der Waals surface area (Å²) in [5.41, 5.74) is 4.26. The number of esters is 4. The molecule has 0 aromatic heterocycles. The van der Waals surface area contributed by atoms with Gasteiger partial charge in [-0.15, -0.1) is 0 Å². The molecular weight excluding hydrogens is 576 g/mol. The fourth-order valence-corrected chi connectivity index (χ4v) is 6.52. The quantitative estimate of drug-likeness (QED) is 0.122. The first-order valence-corrected chi connectivity index (χ1v) is 15.7. The van der Waals surface area contributed by atoms with E-state index in [-0.39, 0.29) is 48.5 Å². The predicted octanol–water partition coefficient (Wildman–Crippen LogP) is 6.43. The zero-order valence-electron chi connectivity index (χ0n) is 25.7. The molecule has 1 unspecified atom stereocenters. The van der Waals surface area contributed by atoms with Gasteiger partial charge in [0.25, 0.3) is 0 Å². The number of benzene rings is 2. The molecule has 3 aliphatic rings. The molecule has 0 heterocycles. The van der Waals surface area contributed by atoms with Crippen molar-refractivity contribution in [3.05, 3.63) is 72.8 Å². The highest BCUT2D eigenvalue weighted by Crippen LogP contribution is 2.47. The lowest BCUT2D eigenvalue weighted by atomic mass is 9.82. The fraction of sp³-hybridized carbons (Fsp3) is 0.444. The smallest absolute Gasteiger partial charge is 0.332 e. The minimum Gasteiger partial charge on any atom is -0.462 e. The normalized spacial score (nSPS) is 23.5. The van der Waals surface area contributed by atoms with E-state index in [1.54, 1.807) is 0 Å². The molecule has 1 atom stereocenters. The molecule has 5 rings (SSSR count). The van der Waals surface area contributed by atoms with E-state index in [4.69, 9.17) is 23.7 Å². The molecule has 0 radical (unpaired) electrons. The van der Waals surface area contributed by atoms with Gasteiger partial charge in [0, 0.05) is 18.1 Å². The SMILES string of the molecule is C=CC(=O)OCOC1CCC(C(=O)Oc2ccc3c(c2)C(C)c2cc(OC(=O)C4CCC(COC(=O)C=C)CC4)ccc2-3)CC1. The summed E-state index contributed by atoms with van der Waals surface area (Å²) < 4.78 is 27.3. The Balaban J connectivity index is 1.12. The van der Waals surface area contributed by atoms with Crippen LogP contribution in [0, 0.1) is 17.8 Å². The molecule has 45 heavy (non-hydrogen) atoms. The van der Waals surface area contributed by atoms with E-state index in [9.17, 15) is 19.2 Å². The van der Waals surface area contributed by atoms with E-state index in [1.165, 1.54) is 0 Å². The molecular formula is C36H40O9. The Hall–Kier alpha value is -4.24. The fourth-order valence-electron chi connectivity index (χ4n) is 6.52. The number of carbonyl (C=O) groups excluding carboxylic acids is 4. The van der Waals surface area contributed by atoms with Crippen molar-refractivity contribution in [2.75, 3.05) is 13.4 Å². The molecule has 0 aliphatic heterocycles. The van der Waals surface area contributed by atoms with Crippen LogP contribution in [0.2, 0.25) is 0 Å². The predicted molar refractivity (Wildman–Crippen MR) is 165 cm³/mol. The minimum atomic E-state index is -0.528. The Morgan fingerprint density at radius 1 is 0.711 bits per heavy atom. The molecule has 2 fully saturated rings. The van der Waals surface area contributed by atoms with Crippen molar-refractivity contribution in [2.24, 2.45) is 17.8 Å². The number of carbonyl (C=O) groups is 4. The van der Waals surface area contributed by atoms with Crippen molar-refractivity contribution in [3.8, 4) is 22.6 Å². The van der Waals surface area contributed by atoms with Crippen LogP contribution in [0.25, 0.3) is 11.1 Å². The zero-order chi connectivity index (χ0) is 31.9. The van der Waals surface area contributed by atoms with E-state index in [2.05, 4.69) is 20.1 Å². The molecule has 3 aliphatic carbocycles. The molecule has 2 aromatic rings. The van der Waals surface area contributed by atoms with E-state index in [1.807, 2.05) is 36.4 Å². The monoisotopic (exact) mass is 616 g/mol. The van der Waals surface area contributed by atoms with E-state index >= 15 is 0 Å². The molecule has 0 amide bonds. The summed E-state index contributed by atoms with van der Waals surface area (Å²) >= 11 is 0. The third-order valence-corrected chi connectivity index (χ3v) is 9.19. The molecule has 9 heteroatoms. The summed E-state index contributed by atoms with van der Waals surface area (Å²) in [5.74, 6) is -0.524. The van der Waals surface area contributed by atoms with Gasteiger partial charge in [0.2, 0.25) is 0 Å². The standard InChI is InChI=1S/C36H40O9/c1-4-33(37)41-20-23-6-8-24(9-7-23)35(39)44-27-14-16-29-30-17-15-28(19-32(30)22(3)31(29)18-27)45-36(40)25-10-12-26(13-11-25)42-21-43-34(38)5-2/h4-5,14-19,22-26H,1-2,6-13,20-21H2,3H3. The van der Waals surface area contributed by atoms with E-state index in [0.717, 1.165) is 47.2 Å². The number of ether oxygens (including phenoxy) is 5. The Bertz CT molecular complexity index is 1440. The number of hydrogen-bond acceptors (Lipinski definition) is 9. The molecule has 0 saturated heterocycles. The molecule has 2 aromatic carbocycles. The third kappa shape index (κ3) is 7.89. The Kier molecular flexibility index (Phi) is 10.5. The summed E-state index contributed by atoms with van der Waals surface area (Å²) in [6.45, 7) is 9.09. The van der Waals surface area contributed by atoms with Gasteiger partial charge >= 0.3 is 23.9 Å². The van der Waals surface area contributed by atoms with Crippen molar-refractivity contribution < 1.29 is 42.9 Å². The van der Waals surface area contributed by atoms with Crippen LogP contribution in [0.15, 0.2) is 61.7 Å². The van der Waals surface area contributed by atoms with Crippen molar-refractivity contribution in [1.29, 1.82) is 0 Å². The minimum absolute atomic E-state index is 0.0313. The van der Waals surface area contributed by atoms with Gasteiger partial charge in [-0.2, -0.15) is 0 Å². The van der Waals surface area contributed by atoms with Crippen LogP contribution in [-0.4, -0.2) is 43.4 Å². The molecule has 2 saturated carbocycles. The van der Waals surface area contributed by atoms with Crippen molar-refractivity contribution in [3.63, 3.8) is 0 Å². The Morgan fingerprint density at radius 2 is 1.20 bits per heavy atom. The second-order valence-corrected chi connectivity index (χ2v) is 12.0. The zero-order valence-corrected chi connectivity index (χ0v) is 25.7. The first-order chi connectivity index (χ1) is 21.7. The van der Waals surface area contributed by atoms with Crippen molar-refractivity contribution in [2.45, 2.75) is 70.3 Å². The number of fused-ring (bicyclic) bond motifs is 3. The molecule has 0 spiro atoms. The lowest BCUT2D eigenvalue weighted by Gasteiger charge is -2.27. The lowest BCUT2D eigenvalue weighted by molar-refractivity contribution is -0.157. The maximum Gasteiger partial charge on any atom is 0.332 e. The largest absolute Gasteiger partial charge is 0.462 e. The lowest BCUT2D eigenvalue weighted by Crippen LogP contribution is -2.29. The summed E-state index contributed by atoms with van der Waals surface area (Å²) in [4.78, 5) is 48.4. The molecule has 0 N–H and O–H groups in total. The van der Waals surface area contributed by atoms with Crippen LogP contribution in [-0.2, 0) is 33.4 Å². The summed E-state index contributed by atoms with van der Waals surface area (Å²) in [6, 6.07) is 11.5. The highest BCUT2D eigenvalue weighted by atomic mass is 16.7. The van der Waals surface area contributed by atoms with Crippen LogP contribution in [0.1, 0.15) is 75.3 Å². The maximum absolute atomic E-state index is 13.0. The van der Waals surface area contributed by atoms with Crippen LogP contribution in [0.3, 0.4) is 0 Å². The summed E-state index contributed by atoms with van der Waals surface area (Å²) in [7, 11) is 0. The Morgan fingerprint density at radius 3 is 1.71 bits per heavy atom. The van der Waals surface area contributed by atoms with E-state index in [0.29, 0.717) is 56.6 Å². The van der Waals surface area contributed by atoms with Gasteiger partial charge in [0.15, 0.2) is 6.79 Å². The second kappa shape index (κ2) is 14.7. The maximum atomic E-state index is 13.0. The number of rotatable bonds is 11. The average molecular weight is 617 g/mol. The highest BCUT2D eigenvalue weighted by Gasteiger charge is 2.32. The summed E-state index contributed by atoms with van der Waals surface area (Å²) in [5, 5.41) is 0. The second-order valence-electron chi connectivity index (χ2n) is 12.0. The molecule has 238 valence electrons. The number of hydrogen-bond donors (Lipinski definition) is 0. The van der Waals surface area contributed by atoms with Gasteiger partial charge < -0.3 is 23.7 Å². The van der Waals surface area contributed by atoms with Gasteiger partial charge in [-0.1, -0.05) is 32.2 Å². The average Bonchev–Trinajstić information content (AvgIpc) is 3.34. The van der Waals surface area contributed by atoms with Crippen LogP contribution >= 0.6 is 0 Å². The van der Waals surface area contributed by atoms with Gasteiger partial charge in [-0.05, 0) is 104 Å². The highest BCUT2D eigenvalue weighted by molar-refractivity contribution is 5.83. The third-order valence-electron chi connectivity index (χ3n) is 9.19. The molecule has 9 nitrogen and oxygen atoms in total. The van der Waals surface area contributed by atoms with Crippen molar-refractivity contribution in [1.82, 2.24) is 0 Å². The van der Waals surface area contributed by atoms with Gasteiger partial charge in [-0.25, -0.2) is 9.59 Å². The molecule has 0 bridgehead atoms. The van der Waals surface area contributed by atoms with Gasteiger partial charge in [0.05, 0.1) is 24.5 Å². The summed E-state index contributed by atoms with van der Waals surface area (Å²) in [6.07, 6.45) is 7.84. The van der Waals surface area contributed by atoms with Crippen LogP contribution in [0.5, 0.6) is 11.5 Å². The van der Waals surface area contributed by atoms with Crippen LogP contribution in [0.4, 0.5) is 0 Å².